The molecule has 0 aromatic carbocycles. The van der Waals surface area contributed by atoms with Crippen LogP contribution in [0.25, 0.3) is 0 Å². The smallest absolute Gasteiger partial charge is 0.123 e. The molecule has 2 aliphatic heterocycles. The number of rotatable bonds is 3. The van der Waals surface area contributed by atoms with Gasteiger partial charge in [-0.05, 0) is 32.1 Å². The zero-order valence-corrected chi connectivity index (χ0v) is 12.9. The maximum absolute atomic E-state index is 10.3. The van der Waals surface area contributed by atoms with Gasteiger partial charge in [-0.2, -0.15) is 0 Å². The van der Waals surface area contributed by atoms with E-state index >= 15 is 0 Å². The summed E-state index contributed by atoms with van der Waals surface area (Å²) in [5, 5.41) is 20.2. The summed E-state index contributed by atoms with van der Waals surface area (Å²) in [5.74, 6) is 1.14. The Hall–Kier alpha value is -0.950. The number of aromatic nitrogens is 2. The van der Waals surface area contributed by atoms with Crippen LogP contribution in [0.15, 0.2) is 12.4 Å². The highest BCUT2D eigenvalue weighted by Crippen LogP contribution is 2.37. The first-order valence-electron chi connectivity index (χ1n) is 8.42. The maximum Gasteiger partial charge on any atom is 0.123 e. The molecule has 2 saturated heterocycles. The molecular weight excluding hydrogens is 282 g/mol. The molecule has 6 heteroatoms. The van der Waals surface area contributed by atoms with Crippen molar-refractivity contribution in [3.05, 3.63) is 18.2 Å². The highest BCUT2D eigenvalue weighted by molar-refractivity contribution is 5.02. The zero-order valence-electron chi connectivity index (χ0n) is 12.9. The van der Waals surface area contributed by atoms with Crippen LogP contribution >= 0.6 is 0 Å². The average molecular weight is 307 g/mol. The Morgan fingerprint density at radius 2 is 2.00 bits per heavy atom. The fourth-order valence-electron chi connectivity index (χ4n) is 3.86. The molecule has 1 spiro atoms. The van der Waals surface area contributed by atoms with Gasteiger partial charge in [-0.25, -0.2) is 4.98 Å². The molecule has 2 N–H and O–H groups in total. The number of aliphatic hydroxyl groups is 2. The van der Waals surface area contributed by atoms with Crippen molar-refractivity contribution >= 4 is 0 Å². The van der Waals surface area contributed by atoms with Gasteiger partial charge >= 0.3 is 0 Å². The van der Waals surface area contributed by atoms with E-state index in [2.05, 4.69) is 20.6 Å². The molecule has 0 radical (unpaired) electrons. The normalized spacial score (nSPS) is 32.5. The number of likely N-dealkylation sites (tertiary alicyclic amines) is 1. The van der Waals surface area contributed by atoms with Crippen molar-refractivity contribution in [2.75, 3.05) is 19.7 Å². The second-order valence-corrected chi connectivity index (χ2v) is 6.97. The molecule has 0 bridgehead atoms. The van der Waals surface area contributed by atoms with Crippen molar-refractivity contribution in [2.24, 2.45) is 0 Å². The van der Waals surface area contributed by atoms with Gasteiger partial charge in [0.1, 0.15) is 11.9 Å². The van der Waals surface area contributed by atoms with Gasteiger partial charge < -0.3 is 19.5 Å². The minimum absolute atomic E-state index is 0.533. The highest BCUT2D eigenvalue weighted by atomic mass is 16.5. The standard InChI is InChI=1S/C16H25N3O3/c20-13-3-10-22-16(15(13)21)4-7-18(8-5-16)11-14-17-6-9-19(14)12-1-2-12/h6,9,12-13,15,20-21H,1-5,7-8,10-11H2/t13-,15-/m0/s1. The lowest BCUT2D eigenvalue weighted by molar-refractivity contribution is -0.214. The number of hydrogen-bond donors (Lipinski definition) is 2. The SMILES string of the molecule is O[C@H]1CCOC2(CCN(Cc3nccn3C3CC3)CC2)[C@H]1O. The second kappa shape index (κ2) is 5.60. The Balaban J connectivity index is 1.38. The number of piperidine rings is 1. The van der Waals surface area contributed by atoms with E-state index in [1.807, 2.05) is 6.20 Å². The number of nitrogens with zero attached hydrogens (tertiary/aromatic N) is 3. The van der Waals surface area contributed by atoms with Gasteiger partial charge in [-0.3, -0.25) is 4.90 Å². The average Bonchev–Trinajstić information content (AvgIpc) is 3.27. The van der Waals surface area contributed by atoms with E-state index in [0.717, 1.165) is 38.3 Å². The van der Waals surface area contributed by atoms with E-state index in [1.54, 1.807) is 0 Å². The predicted molar refractivity (Wildman–Crippen MR) is 80.3 cm³/mol. The molecule has 0 amide bonds. The lowest BCUT2D eigenvalue weighted by Crippen LogP contribution is -2.59. The molecule has 1 aromatic rings. The van der Waals surface area contributed by atoms with E-state index in [-0.39, 0.29) is 0 Å². The van der Waals surface area contributed by atoms with Gasteiger partial charge in [0.25, 0.3) is 0 Å². The van der Waals surface area contributed by atoms with Crippen LogP contribution in [0.1, 0.15) is 44.0 Å². The van der Waals surface area contributed by atoms with Gasteiger partial charge in [0.05, 0.1) is 24.9 Å². The van der Waals surface area contributed by atoms with Crippen molar-refractivity contribution < 1.29 is 14.9 Å². The van der Waals surface area contributed by atoms with Crippen LogP contribution in [0.3, 0.4) is 0 Å². The molecule has 3 aliphatic rings. The lowest BCUT2D eigenvalue weighted by Gasteiger charge is -2.48. The van der Waals surface area contributed by atoms with Gasteiger partial charge in [-0.15, -0.1) is 0 Å². The summed E-state index contributed by atoms with van der Waals surface area (Å²) in [6.45, 7) is 3.16. The molecule has 0 unspecified atom stereocenters. The quantitative estimate of drug-likeness (QED) is 0.860. The van der Waals surface area contributed by atoms with E-state index in [0.29, 0.717) is 19.1 Å². The highest BCUT2D eigenvalue weighted by Gasteiger charge is 2.47. The third kappa shape index (κ3) is 2.58. The third-order valence-corrected chi connectivity index (χ3v) is 5.46. The molecule has 2 atom stereocenters. The van der Waals surface area contributed by atoms with Crippen LogP contribution in [0, 0.1) is 0 Å². The number of ether oxygens (including phenoxy) is 1. The minimum Gasteiger partial charge on any atom is -0.390 e. The fourth-order valence-corrected chi connectivity index (χ4v) is 3.86. The van der Waals surface area contributed by atoms with Crippen molar-refractivity contribution in [1.29, 1.82) is 0 Å². The summed E-state index contributed by atoms with van der Waals surface area (Å²) in [7, 11) is 0. The summed E-state index contributed by atoms with van der Waals surface area (Å²) in [5.41, 5.74) is -0.542. The molecule has 4 rings (SSSR count). The molecule has 122 valence electrons. The monoisotopic (exact) mass is 307 g/mol. The fraction of sp³-hybridized carbons (Fsp3) is 0.812. The second-order valence-electron chi connectivity index (χ2n) is 6.97. The van der Waals surface area contributed by atoms with Crippen molar-refractivity contribution in [3.63, 3.8) is 0 Å². The van der Waals surface area contributed by atoms with Crippen molar-refractivity contribution in [2.45, 2.75) is 62.5 Å². The Labute approximate surface area is 130 Å². The number of aliphatic hydroxyl groups excluding tert-OH is 2. The molecule has 6 nitrogen and oxygen atoms in total. The number of imidazole rings is 1. The Morgan fingerprint density at radius 3 is 2.73 bits per heavy atom. The zero-order chi connectivity index (χ0) is 15.2. The van der Waals surface area contributed by atoms with Gasteiger partial charge in [0, 0.05) is 31.5 Å². The van der Waals surface area contributed by atoms with Crippen LogP contribution in [-0.2, 0) is 11.3 Å². The summed E-state index contributed by atoms with van der Waals surface area (Å²) in [6.07, 6.45) is 7.20. The first kappa shape index (κ1) is 14.6. The molecular formula is C16H25N3O3. The first-order valence-corrected chi connectivity index (χ1v) is 8.42. The molecule has 3 fully saturated rings. The first-order chi connectivity index (χ1) is 10.7. The molecule has 1 saturated carbocycles. The van der Waals surface area contributed by atoms with Crippen molar-refractivity contribution in [1.82, 2.24) is 14.5 Å². The molecule has 22 heavy (non-hydrogen) atoms. The Morgan fingerprint density at radius 1 is 1.23 bits per heavy atom. The van der Waals surface area contributed by atoms with E-state index in [9.17, 15) is 10.2 Å². The molecule has 1 aromatic heterocycles. The summed E-state index contributed by atoms with van der Waals surface area (Å²) < 4.78 is 8.19. The third-order valence-electron chi connectivity index (χ3n) is 5.46. The minimum atomic E-state index is -0.753. The van der Waals surface area contributed by atoms with Gasteiger partial charge in [-0.1, -0.05) is 0 Å². The summed E-state index contributed by atoms with van der Waals surface area (Å²) >= 11 is 0. The van der Waals surface area contributed by atoms with Crippen molar-refractivity contribution in [3.8, 4) is 0 Å². The predicted octanol–water partition coefficient (Wildman–Crippen LogP) is 0.695. The van der Waals surface area contributed by atoms with Gasteiger partial charge in [0.15, 0.2) is 0 Å². The molecule has 1 aliphatic carbocycles. The van der Waals surface area contributed by atoms with Gasteiger partial charge in [0.2, 0.25) is 0 Å². The summed E-state index contributed by atoms with van der Waals surface area (Å²) in [6, 6.07) is 0.660. The molecule has 3 heterocycles. The topological polar surface area (TPSA) is 70.8 Å². The largest absolute Gasteiger partial charge is 0.390 e. The Bertz CT molecular complexity index is 520. The van der Waals surface area contributed by atoms with Crippen LogP contribution < -0.4 is 0 Å². The van der Waals surface area contributed by atoms with Crippen LogP contribution in [0.2, 0.25) is 0 Å². The van der Waals surface area contributed by atoms with Crippen LogP contribution in [0.4, 0.5) is 0 Å². The maximum atomic E-state index is 10.3. The summed E-state index contributed by atoms with van der Waals surface area (Å²) in [4.78, 5) is 6.88. The van der Waals surface area contributed by atoms with E-state index < -0.39 is 17.8 Å². The lowest BCUT2D eigenvalue weighted by atomic mass is 9.80. The van der Waals surface area contributed by atoms with E-state index in [4.69, 9.17) is 4.74 Å². The van der Waals surface area contributed by atoms with E-state index in [1.165, 1.54) is 12.8 Å². The Kier molecular flexibility index (Phi) is 3.72. The van der Waals surface area contributed by atoms with Crippen LogP contribution in [0.5, 0.6) is 0 Å². The van der Waals surface area contributed by atoms with Crippen LogP contribution in [-0.4, -0.2) is 62.2 Å². The number of hydrogen-bond acceptors (Lipinski definition) is 5.